The Kier molecular flexibility index (Phi) is 7.58. The van der Waals surface area contributed by atoms with E-state index in [0.29, 0.717) is 6.10 Å². The maximum atomic E-state index is 5.58. The second kappa shape index (κ2) is 8.93. The van der Waals surface area contributed by atoms with E-state index in [1.54, 1.807) is 0 Å². The molecule has 0 spiro atoms. The molecule has 1 aliphatic heterocycles. The quantitative estimate of drug-likeness (QED) is 0.492. The minimum absolute atomic E-state index is 0.570. The van der Waals surface area contributed by atoms with Crippen LogP contribution in [0.25, 0.3) is 0 Å². The van der Waals surface area contributed by atoms with Gasteiger partial charge in [0.25, 0.3) is 0 Å². The highest BCUT2D eigenvalue weighted by molar-refractivity contribution is 4.82. The zero-order valence-electron chi connectivity index (χ0n) is 10.0. The van der Waals surface area contributed by atoms with Crippen molar-refractivity contribution in [2.45, 2.75) is 51.6 Å². The lowest BCUT2D eigenvalue weighted by molar-refractivity contribution is 0.103. The molecule has 0 bridgehead atoms. The molecule has 0 amide bonds. The highest BCUT2D eigenvalue weighted by Gasteiger charge is 2.13. The normalized spacial score (nSPS) is 21.5. The average molecular weight is 211 g/mol. The number of hydrogen-bond acceptors (Lipinski definition) is 2. The van der Waals surface area contributed by atoms with E-state index in [-0.39, 0.29) is 0 Å². The van der Waals surface area contributed by atoms with E-state index >= 15 is 0 Å². The Morgan fingerprint density at radius 2 is 2.20 bits per heavy atom. The van der Waals surface area contributed by atoms with Crippen LogP contribution < -0.4 is 5.32 Å². The number of ether oxygens (including phenoxy) is 1. The van der Waals surface area contributed by atoms with Crippen LogP contribution in [0.4, 0.5) is 0 Å². The van der Waals surface area contributed by atoms with E-state index in [9.17, 15) is 0 Å². The van der Waals surface area contributed by atoms with Gasteiger partial charge in [0.2, 0.25) is 0 Å². The molecule has 0 aromatic heterocycles. The SMILES string of the molecule is CCNCCC=CCCCC1CCCO1. The maximum absolute atomic E-state index is 5.58. The lowest BCUT2D eigenvalue weighted by atomic mass is 10.1. The Bertz CT molecular complexity index is 162. The Hall–Kier alpha value is -0.340. The summed E-state index contributed by atoms with van der Waals surface area (Å²) in [6, 6.07) is 0. The summed E-state index contributed by atoms with van der Waals surface area (Å²) in [5.74, 6) is 0. The van der Waals surface area contributed by atoms with E-state index in [4.69, 9.17) is 4.74 Å². The van der Waals surface area contributed by atoms with Gasteiger partial charge in [-0.1, -0.05) is 19.1 Å². The number of hydrogen-bond donors (Lipinski definition) is 1. The zero-order chi connectivity index (χ0) is 10.8. The summed E-state index contributed by atoms with van der Waals surface area (Å²) in [5, 5.41) is 3.31. The molecular formula is C13H25NO. The Labute approximate surface area is 94.1 Å². The molecule has 0 aromatic rings. The number of unbranched alkanes of at least 4 members (excludes halogenated alkanes) is 1. The first-order valence-corrected chi connectivity index (χ1v) is 6.40. The van der Waals surface area contributed by atoms with Gasteiger partial charge in [-0.05, 0) is 51.6 Å². The van der Waals surface area contributed by atoms with E-state index in [1.165, 1.54) is 32.1 Å². The first-order valence-electron chi connectivity index (χ1n) is 6.40. The fourth-order valence-electron chi connectivity index (χ4n) is 1.93. The lowest BCUT2D eigenvalue weighted by Gasteiger charge is -2.06. The third-order valence-electron chi connectivity index (χ3n) is 2.83. The highest BCUT2D eigenvalue weighted by atomic mass is 16.5. The molecule has 1 unspecified atom stereocenters. The summed E-state index contributed by atoms with van der Waals surface area (Å²) >= 11 is 0. The molecule has 2 heteroatoms. The van der Waals surface area contributed by atoms with Crippen molar-refractivity contribution in [3.8, 4) is 0 Å². The van der Waals surface area contributed by atoms with Crippen molar-refractivity contribution in [3.05, 3.63) is 12.2 Å². The van der Waals surface area contributed by atoms with Crippen LogP contribution in [-0.4, -0.2) is 25.8 Å². The molecule has 1 atom stereocenters. The van der Waals surface area contributed by atoms with Gasteiger partial charge >= 0.3 is 0 Å². The smallest absolute Gasteiger partial charge is 0.0576 e. The van der Waals surface area contributed by atoms with Gasteiger partial charge in [-0.25, -0.2) is 0 Å². The van der Waals surface area contributed by atoms with Gasteiger partial charge in [0.05, 0.1) is 6.10 Å². The number of rotatable bonds is 8. The predicted molar refractivity (Wildman–Crippen MR) is 65.1 cm³/mol. The van der Waals surface area contributed by atoms with Crippen LogP contribution in [0.1, 0.15) is 45.4 Å². The van der Waals surface area contributed by atoms with Gasteiger partial charge in [0.15, 0.2) is 0 Å². The number of allylic oxidation sites excluding steroid dienone is 1. The third kappa shape index (κ3) is 6.69. The van der Waals surface area contributed by atoms with Crippen LogP contribution in [0.5, 0.6) is 0 Å². The monoisotopic (exact) mass is 211 g/mol. The molecule has 1 heterocycles. The zero-order valence-corrected chi connectivity index (χ0v) is 10.0. The van der Waals surface area contributed by atoms with Crippen molar-refractivity contribution in [1.82, 2.24) is 5.32 Å². The molecule has 1 aliphatic rings. The molecule has 15 heavy (non-hydrogen) atoms. The van der Waals surface area contributed by atoms with Crippen molar-refractivity contribution in [2.75, 3.05) is 19.7 Å². The summed E-state index contributed by atoms with van der Waals surface area (Å²) in [4.78, 5) is 0. The Morgan fingerprint density at radius 1 is 1.33 bits per heavy atom. The van der Waals surface area contributed by atoms with E-state index in [2.05, 4.69) is 24.4 Å². The molecule has 1 saturated heterocycles. The molecule has 0 aromatic carbocycles. The minimum Gasteiger partial charge on any atom is -0.378 e. The van der Waals surface area contributed by atoms with Gasteiger partial charge in [0, 0.05) is 6.61 Å². The fraction of sp³-hybridized carbons (Fsp3) is 0.846. The molecule has 1 N–H and O–H groups in total. The summed E-state index contributed by atoms with van der Waals surface area (Å²) in [7, 11) is 0. The lowest BCUT2D eigenvalue weighted by Crippen LogP contribution is -2.12. The largest absolute Gasteiger partial charge is 0.378 e. The van der Waals surface area contributed by atoms with Crippen molar-refractivity contribution >= 4 is 0 Å². The van der Waals surface area contributed by atoms with Crippen molar-refractivity contribution in [3.63, 3.8) is 0 Å². The molecule has 0 saturated carbocycles. The van der Waals surface area contributed by atoms with Gasteiger partial charge in [-0.15, -0.1) is 0 Å². The summed E-state index contributed by atoms with van der Waals surface area (Å²) in [6.07, 6.45) is 12.6. The third-order valence-corrected chi connectivity index (χ3v) is 2.83. The topological polar surface area (TPSA) is 21.3 Å². The fourth-order valence-corrected chi connectivity index (χ4v) is 1.93. The first kappa shape index (κ1) is 12.7. The van der Waals surface area contributed by atoms with Gasteiger partial charge < -0.3 is 10.1 Å². The number of nitrogens with one attached hydrogen (secondary N) is 1. The average Bonchev–Trinajstić information content (AvgIpc) is 2.75. The standard InChI is InChI=1S/C13H25NO/c1-2-14-11-7-5-3-4-6-9-13-10-8-12-15-13/h3,5,13-14H,2,4,6-12H2,1H3. The van der Waals surface area contributed by atoms with Crippen molar-refractivity contribution in [2.24, 2.45) is 0 Å². The summed E-state index contributed by atoms with van der Waals surface area (Å²) < 4.78 is 5.58. The van der Waals surface area contributed by atoms with E-state index in [1.807, 2.05) is 0 Å². The Balaban J connectivity index is 1.83. The second-order valence-electron chi connectivity index (χ2n) is 4.18. The van der Waals surface area contributed by atoms with Crippen LogP contribution in [0.3, 0.4) is 0 Å². The van der Waals surface area contributed by atoms with Crippen LogP contribution in [0, 0.1) is 0 Å². The van der Waals surface area contributed by atoms with Gasteiger partial charge in [0.1, 0.15) is 0 Å². The first-order chi connectivity index (χ1) is 7.43. The van der Waals surface area contributed by atoms with Gasteiger partial charge in [-0.3, -0.25) is 0 Å². The molecule has 88 valence electrons. The summed E-state index contributed by atoms with van der Waals surface area (Å²) in [6.45, 7) is 5.32. The van der Waals surface area contributed by atoms with E-state index < -0.39 is 0 Å². The maximum Gasteiger partial charge on any atom is 0.0576 e. The van der Waals surface area contributed by atoms with Crippen LogP contribution >= 0.6 is 0 Å². The van der Waals surface area contributed by atoms with Crippen LogP contribution in [-0.2, 0) is 4.74 Å². The highest BCUT2D eigenvalue weighted by Crippen LogP contribution is 2.17. The molecule has 1 fully saturated rings. The van der Waals surface area contributed by atoms with Crippen molar-refractivity contribution in [1.29, 1.82) is 0 Å². The Morgan fingerprint density at radius 3 is 2.93 bits per heavy atom. The molecule has 1 rings (SSSR count). The van der Waals surface area contributed by atoms with Gasteiger partial charge in [-0.2, -0.15) is 0 Å². The molecule has 0 radical (unpaired) electrons. The summed E-state index contributed by atoms with van der Waals surface area (Å²) in [5.41, 5.74) is 0. The van der Waals surface area contributed by atoms with Crippen LogP contribution in [0.15, 0.2) is 12.2 Å². The van der Waals surface area contributed by atoms with Crippen molar-refractivity contribution < 1.29 is 4.74 Å². The predicted octanol–water partition coefficient (Wildman–Crippen LogP) is 2.89. The second-order valence-corrected chi connectivity index (χ2v) is 4.18. The molecule has 2 nitrogen and oxygen atoms in total. The van der Waals surface area contributed by atoms with E-state index in [0.717, 1.165) is 26.1 Å². The minimum atomic E-state index is 0.570. The molecular weight excluding hydrogens is 186 g/mol. The van der Waals surface area contributed by atoms with Crippen LogP contribution in [0.2, 0.25) is 0 Å². The molecule has 0 aliphatic carbocycles.